The lowest BCUT2D eigenvalue weighted by atomic mass is 10.1. The average Bonchev–Trinajstić information content (AvgIpc) is 2.08. The molecule has 0 saturated carbocycles. The summed E-state index contributed by atoms with van der Waals surface area (Å²) >= 11 is 11.4. The number of halogens is 2. The molecule has 1 atom stereocenters. The first-order valence-electron chi connectivity index (χ1n) is 3.85. The summed E-state index contributed by atoms with van der Waals surface area (Å²) in [6.45, 7) is 0. The molecular formula is C9H8Cl2O3. The Kier molecular flexibility index (Phi) is 3.75. The third kappa shape index (κ3) is 2.87. The number of carboxylic acid groups (broad SMARTS) is 1. The molecule has 0 aliphatic carbocycles. The van der Waals surface area contributed by atoms with Gasteiger partial charge in [-0.25, -0.2) is 0 Å². The fraction of sp³-hybridized carbons (Fsp3) is 0.222. The second kappa shape index (κ2) is 4.64. The lowest BCUT2D eigenvalue weighted by Gasteiger charge is -2.08. The lowest BCUT2D eigenvalue weighted by Crippen LogP contribution is -2.05. The molecule has 0 radical (unpaired) electrons. The van der Waals surface area contributed by atoms with E-state index in [1.807, 2.05) is 0 Å². The Hall–Kier alpha value is -0.770. The van der Waals surface area contributed by atoms with Gasteiger partial charge in [0, 0.05) is 0 Å². The fourth-order valence-corrected chi connectivity index (χ4v) is 1.31. The molecule has 0 heterocycles. The highest BCUT2D eigenvalue weighted by molar-refractivity contribution is 6.42. The van der Waals surface area contributed by atoms with E-state index in [9.17, 15) is 9.90 Å². The Bertz CT molecular complexity index is 352. The summed E-state index contributed by atoms with van der Waals surface area (Å²) in [6.07, 6.45) is -1.40. The zero-order valence-electron chi connectivity index (χ0n) is 7.08. The SMILES string of the molecule is O=C(O)C[C@H](O)c1ccc(Cl)c(Cl)c1. The summed E-state index contributed by atoms with van der Waals surface area (Å²) in [7, 11) is 0. The van der Waals surface area contributed by atoms with Gasteiger partial charge in [0.2, 0.25) is 0 Å². The number of aliphatic hydroxyl groups excluding tert-OH is 1. The summed E-state index contributed by atoms with van der Waals surface area (Å²) in [5.74, 6) is -1.07. The molecule has 3 nitrogen and oxygen atoms in total. The smallest absolute Gasteiger partial charge is 0.306 e. The van der Waals surface area contributed by atoms with E-state index in [2.05, 4.69) is 0 Å². The molecule has 0 saturated heterocycles. The molecule has 0 bridgehead atoms. The second-order valence-electron chi connectivity index (χ2n) is 2.79. The zero-order valence-corrected chi connectivity index (χ0v) is 8.59. The van der Waals surface area contributed by atoms with Crippen LogP contribution >= 0.6 is 23.2 Å². The van der Waals surface area contributed by atoms with E-state index >= 15 is 0 Å². The van der Waals surface area contributed by atoms with E-state index in [1.54, 1.807) is 6.07 Å². The molecule has 0 fully saturated rings. The molecule has 5 heteroatoms. The van der Waals surface area contributed by atoms with Crippen molar-refractivity contribution in [1.29, 1.82) is 0 Å². The van der Waals surface area contributed by atoms with Crippen molar-refractivity contribution in [2.24, 2.45) is 0 Å². The van der Waals surface area contributed by atoms with Gasteiger partial charge in [0.1, 0.15) is 0 Å². The lowest BCUT2D eigenvalue weighted by molar-refractivity contribution is -0.139. The van der Waals surface area contributed by atoms with Gasteiger partial charge < -0.3 is 10.2 Å². The quantitative estimate of drug-likeness (QED) is 0.846. The minimum atomic E-state index is -1.07. The minimum Gasteiger partial charge on any atom is -0.481 e. The number of hydrogen-bond donors (Lipinski definition) is 2. The number of rotatable bonds is 3. The van der Waals surface area contributed by atoms with Gasteiger partial charge in [-0.15, -0.1) is 0 Å². The topological polar surface area (TPSA) is 57.5 Å². The molecule has 0 aliphatic heterocycles. The van der Waals surface area contributed by atoms with Crippen LogP contribution in [0, 0.1) is 0 Å². The number of aliphatic carboxylic acids is 1. The van der Waals surface area contributed by atoms with Crippen LogP contribution < -0.4 is 0 Å². The normalized spacial score (nSPS) is 12.5. The highest BCUT2D eigenvalue weighted by atomic mass is 35.5. The summed E-state index contributed by atoms with van der Waals surface area (Å²) in [4.78, 5) is 10.3. The maximum atomic E-state index is 10.3. The van der Waals surface area contributed by atoms with Crippen LogP contribution in [0.4, 0.5) is 0 Å². The summed E-state index contributed by atoms with van der Waals surface area (Å²) in [5.41, 5.74) is 0.446. The van der Waals surface area contributed by atoms with Crippen LogP contribution in [0.2, 0.25) is 10.0 Å². The van der Waals surface area contributed by atoms with Crippen LogP contribution in [0.1, 0.15) is 18.1 Å². The van der Waals surface area contributed by atoms with Gasteiger partial charge in [-0.05, 0) is 17.7 Å². The Morgan fingerprint density at radius 1 is 1.36 bits per heavy atom. The largest absolute Gasteiger partial charge is 0.481 e. The van der Waals surface area contributed by atoms with Gasteiger partial charge >= 0.3 is 5.97 Å². The average molecular weight is 235 g/mol. The monoisotopic (exact) mass is 234 g/mol. The van der Waals surface area contributed by atoms with Crippen molar-refractivity contribution in [1.82, 2.24) is 0 Å². The third-order valence-electron chi connectivity index (χ3n) is 1.70. The molecule has 0 unspecified atom stereocenters. The standard InChI is InChI=1S/C9H8Cl2O3/c10-6-2-1-5(3-7(6)11)8(12)4-9(13)14/h1-3,8,12H,4H2,(H,13,14)/t8-/m0/s1. The van der Waals surface area contributed by atoms with Crippen molar-refractivity contribution in [2.75, 3.05) is 0 Å². The predicted octanol–water partition coefficient (Wildman–Crippen LogP) is 2.50. The van der Waals surface area contributed by atoms with Crippen molar-refractivity contribution < 1.29 is 15.0 Å². The van der Waals surface area contributed by atoms with Gasteiger partial charge in [0.05, 0.1) is 22.6 Å². The van der Waals surface area contributed by atoms with Crippen molar-refractivity contribution in [2.45, 2.75) is 12.5 Å². The van der Waals surface area contributed by atoms with E-state index < -0.39 is 12.1 Å². The Morgan fingerprint density at radius 2 is 2.00 bits per heavy atom. The van der Waals surface area contributed by atoms with Crippen molar-refractivity contribution >= 4 is 29.2 Å². The van der Waals surface area contributed by atoms with Gasteiger partial charge in [0.15, 0.2) is 0 Å². The van der Waals surface area contributed by atoms with Gasteiger partial charge in [-0.2, -0.15) is 0 Å². The summed E-state index contributed by atoms with van der Waals surface area (Å²) < 4.78 is 0. The Labute approximate surface area is 90.9 Å². The molecule has 1 aromatic rings. The number of carbonyl (C=O) groups is 1. The highest BCUT2D eigenvalue weighted by Crippen LogP contribution is 2.26. The predicted molar refractivity (Wildman–Crippen MR) is 53.7 cm³/mol. The van der Waals surface area contributed by atoms with Gasteiger partial charge in [-0.3, -0.25) is 4.79 Å². The first-order chi connectivity index (χ1) is 6.50. The molecule has 0 amide bonds. The third-order valence-corrected chi connectivity index (χ3v) is 2.44. The second-order valence-corrected chi connectivity index (χ2v) is 3.60. The molecule has 0 aromatic heterocycles. The van der Waals surface area contributed by atoms with Crippen molar-refractivity contribution in [3.8, 4) is 0 Å². The number of hydrogen-bond acceptors (Lipinski definition) is 2. The van der Waals surface area contributed by atoms with Crippen LogP contribution in [-0.2, 0) is 4.79 Å². The van der Waals surface area contributed by atoms with Gasteiger partial charge in [-0.1, -0.05) is 29.3 Å². The Balaban J connectivity index is 2.85. The molecule has 76 valence electrons. The van der Waals surface area contributed by atoms with Crippen molar-refractivity contribution in [3.63, 3.8) is 0 Å². The molecule has 2 N–H and O–H groups in total. The molecule has 1 aromatic carbocycles. The van der Waals surface area contributed by atoms with Crippen LogP contribution in [0.3, 0.4) is 0 Å². The zero-order chi connectivity index (χ0) is 10.7. The number of carboxylic acids is 1. The summed E-state index contributed by atoms with van der Waals surface area (Å²) in [5, 5.41) is 18.5. The van der Waals surface area contributed by atoms with Gasteiger partial charge in [0.25, 0.3) is 0 Å². The number of benzene rings is 1. The minimum absolute atomic E-state index is 0.300. The molecule has 0 aliphatic rings. The molecule has 14 heavy (non-hydrogen) atoms. The first-order valence-corrected chi connectivity index (χ1v) is 4.61. The molecule has 0 spiro atoms. The maximum Gasteiger partial charge on any atom is 0.306 e. The van der Waals surface area contributed by atoms with E-state index in [0.717, 1.165) is 0 Å². The molecule has 1 rings (SSSR count). The maximum absolute atomic E-state index is 10.3. The van der Waals surface area contributed by atoms with E-state index in [1.165, 1.54) is 12.1 Å². The van der Waals surface area contributed by atoms with Crippen LogP contribution in [0.25, 0.3) is 0 Å². The van der Waals surface area contributed by atoms with Crippen LogP contribution in [-0.4, -0.2) is 16.2 Å². The van der Waals surface area contributed by atoms with Crippen molar-refractivity contribution in [3.05, 3.63) is 33.8 Å². The summed E-state index contributed by atoms with van der Waals surface area (Å²) in [6, 6.07) is 4.52. The first kappa shape index (κ1) is 11.3. The van der Waals surface area contributed by atoms with Crippen LogP contribution in [0.5, 0.6) is 0 Å². The van der Waals surface area contributed by atoms with E-state index in [0.29, 0.717) is 15.6 Å². The van der Waals surface area contributed by atoms with Crippen LogP contribution in [0.15, 0.2) is 18.2 Å². The Morgan fingerprint density at radius 3 is 2.50 bits per heavy atom. The number of aliphatic hydroxyl groups is 1. The van der Waals surface area contributed by atoms with E-state index in [4.69, 9.17) is 28.3 Å². The van der Waals surface area contributed by atoms with E-state index in [-0.39, 0.29) is 6.42 Å². The highest BCUT2D eigenvalue weighted by Gasteiger charge is 2.12. The molecular weight excluding hydrogens is 227 g/mol. The fourth-order valence-electron chi connectivity index (χ4n) is 1.00.